The van der Waals surface area contributed by atoms with Crippen molar-refractivity contribution < 1.29 is 8.42 Å². The molecule has 0 amide bonds. The number of hydrogen-bond acceptors (Lipinski definition) is 3. The molecular weight excluding hydrogens is 238 g/mol. The van der Waals surface area contributed by atoms with E-state index in [1.165, 1.54) is 12.8 Å². The minimum Gasteiger partial charge on any atom is -0.313 e. The van der Waals surface area contributed by atoms with Gasteiger partial charge in [0.2, 0.25) is 0 Å². The Labute approximate surface area is 104 Å². The van der Waals surface area contributed by atoms with E-state index in [1.807, 2.05) is 0 Å². The fourth-order valence-electron chi connectivity index (χ4n) is 2.06. The summed E-state index contributed by atoms with van der Waals surface area (Å²) in [4.78, 5) is 0. The van der Waals surface area contributed by atoms with Crippen molar-refractivity contribution in [3.63, 3.8) is 0 Å². The Morgan fingerprint density at radius 3 is 2.35 bits per heavy atom. The summed E-state index contributed by atoms with van der Waals surface area (Å²) in [6.45, 7) is 4.72. The molecule has 0 aromatic rings. The normalized spacial score (nSPS) is 24.1. The van der Waals surface area contributed by atoms with Crippen LogP contribution in [0.4, 0.5) is 0 Å². The molecule has 2 rings (SSSR count). The van der Waals surface area contributed by atoms with Crippen molar-refractivity contribution in [2.75, 3.05) is 26.2 Å². The second-order valence-electron chi connectivity index (χ2n) is 5.21. The Bertz CT molecular complexity index is 333. The van der Waals surface area contributed by atoms with Gasteiger partial charge in [0.25, 0.3) is 10.2 Å². The first-order valence-corrected chi connectivity index (χ1v) is 8.00. The van der Waals surface area contributed by atoms with Crippen molar-refractivity contribution in [3.05, 3.63) is 0 Å². The molecule has 0 spiro atoms. The van der Waals surface area contributed by atoms with Crippen LogP contribution in [-0.2, 0) is 10.2 Å². The molecule has 0 bridgehead atoms. The summed E-state index contributed by atoms with van der Waals surface area (Å²) in [6, 6.07) is 0.635. The molecule has 2 aliphatic rings. The van der Waals surface area contributed by atoms with Gasteiger partial charge in [-0.1, -0.05) is 6.92 Å². The molecule has 0 atom stereocenters. The Hall–Kier alpha value is -0.170. The molecule has 2 N–H and O–H groups in total. The maximum Gasteiger partial charge on any atom is 0.279 e. The topological polar surface area (TPSA) is 61.4 Å². The molecule has 1 aliphatic heterocycles. The fraction of sp³-hybridized carbons (Fsp3) is 1.00. The van der Waals surface area contributed by atoms with Gasteiger partial charge >= 0.3 is 0 Å². The molecule has 1 heterocycles. The molecule has 5 nitrogen and oxygen atoms in total. The van der Waals surface area contributed by atoms with E-state index in [4.69, 9.17) is 0 Å². The first kappa shape index (κ1) is 13.3. The summed E-state index contributed by atoms with van der Waals surface area (Å²) in [7, 11) is -3.24. The number of nitrogens with zero attached hydrogens (tertiary/aromatic N) is 1. The van der Waals surface area contributed by atoms with Gasteiger partial charge in [-0.25, -0.2) is 4.72 Å². The third-order valence-corrected chi connectivity index (χ3v) is 5.12. The van der Waals surface area contributed by atoms with Crippen LogP contribution in [0.3, 0.4) is 0 Å². The first-order valence-electron chi connectivity index (χ1n) is 6.56. The standard InChI is InChI=1S/C11H23N3O2S/c1-10-4-8-14(9-5-10)17(15,16)13-7-6-12-11-2-3-11/h10-13H,2-9H2,1H3. The monoisotopic (exact) mass is 261 g/mol. The van der Waals surface area contributed by atoms with Crippen molar-refractivity contribution in [2.45, 2.75) is 38.6 Å². The van der Waals surface area contributed by atoms with Gasteiger partial charge in [-0.3, -0.25) is 0 Å². The van der Waals surface area contributed by atoms with Crippen molar-refractivity contribution >= 4 is 10.2 Å². The van der Waals surface area contributed by atoms with E-state index >= 15 is 0 Å². The second-order valence-corrected chi connectivity index (χ2v) is 6.96. The number of rotatable bonds is 6. The summed E-state index contributed by atoms with van der Waals surface area (Å²) >= 11 is 0. The van der Waals surface area contributed by atoms with Crippen LogP contribution in [0.1, 0.15) is 32.6 Å². The van der Waals surface area contributed by atoms with Gasteiger partial charge < -0.3 is 5.32 Å². The van der Waals surface area contributed by atoms with Gasteiger partial charge in [-0.05, 0) is 31.6 Å². The highest BCUT2D eigenvalue weighted by molar-refractivity contribution is 7.87. The zero-order valence-electron chi connectivity index (χ0n) is 10.5. The van der Waals surface area contributed by atoms with Crippen LogP contribution >= 0.6 is 0 Å². The van der Waals surface area contributed by atoms with Crippen LogP contribution < -0.4 is 10.0 Å². The van der Waals surface area contributed by atoms with Crippen LogP contribution in [0, 0.1) is 5.92 Å². The molecule has 6 heteroatoms. The highest BCUT2D eigenvalue weighted by Crippen LogP contribution is 2.18. The highest BCUT2D eigenvalue weighted by Gasteiger charge is 2.26. The molecule has 0 aromatic heterocycles. The average Bonchev–Trinajstić information content (AvgIpc) is 3.09. The lowest BCUT2D eigenvalue weighted by Gasteiger charge is -2.29. The van der Waals surface area contributed by atoms with Crippen molar-refractivity contribution in [1.29, 1.82) is 0 Å². The summed E-state index contributed by atoms with van der Waals surface area (Å²) in [5, 5.41) is 3.29. The van der Waals surface area contributed by atoms with Crippen LogP contribution in [0.2, 0.25) is 0 Å². The van der Waals surface area contributed by atoms with E-state index in [0.29, 0.717) is 31.6 Å². The maximum absolute atomic E-state index is 11.9. The molecular formula is C11H23N3O2S. The minimum atomic E-state index is -3.24. The quantitative estimate of drug-likeness (QED) is 0.676. The van der Waals surface area contributed by atoms with Crippen molar-refractivity contribution in [3.8, 4) is 0 Å². The predicted molar refractivity (Wildman–Crippen MR) is 67.9 cm³/mol. The van der Waals surface area contributed by atoms with Gasteiger partial charge in [-0.2, -0.15) is 12.7 Å². The second kappa shape index (κ2) is 5.65. The largest absolute Gasteiger partial charge is 0.313 e. The van der Waals surface area contributed by atoms with Crippen LogP contribution in [0.5, 0.6) is 0 Å². The van der Waals surface area contributed by atoms with E-state index < -0.39 is 10.2 Å². The lowest BCUT2D eigenvalue weighted by Crippen LogP contribution is -2.46. The van der Waals surface area contributed by atoms with E-state index in [-0.39, 0.29) is 0 Å². The van der Waals surface area contributed by atoms with Gasteiger partial charge in [0.1, 0.15) is 0 Å². The Balaban J connectivity index is 1.69. The number of piperidine rings is 1. The lowest BCUT2D eigenvalue weighted by atomic mass is 10.0. The summed E-state index contributed by atoms with van der Waals surface area (Å²) in [6.07, 6.45) is 4.41. The van der Waals surface area contributed by atoms with Gasteiger partial charge in [0.15, 0.2) is 0 Å². The molecule has 1 aliphatic carbocycles. The minimum absolute atomic E-state index is 0.491. The fourth-order valence-corrected chi connectivity index (χ4v) is 3.29. The zero-order chi connectivity index (χ0) is 12.3. The maximum atomic E-state index is 11.9. The van der Waals surface area contributed by atoms with E-state index in [9.17, 15) is 8.42 Å². The van der Waals surface area contributed by atoms with E-state index in [1.54, 1.807) is 4.31 Å². The Morgan fingerprint density at radius 2 is 1.76 bits per heavy atom. The number of hydrogen-bond donors (Lipinski definition) is 2. The van der Waals surface area contributed by atoms with Gasteiger partial charge in [0, 0.05) is 32.2 Å². The molecule has 0 radical (unpaired) electrons. The third-order valence-electron chi connectivity index (χ3n) is 3.50. The Morgan fingerprint density at radius 1 is 1.12 bits per heavy atom. The predicted octanol–water partition coefficient (Wildman–Crippen LogP) is 0.305. The zero-order valence-corrected chi connectivity index (χ0v) is 11.3. The van der Waals surface area contributed by atoms with Crippen LogP contribution in [0.25, 0.3) is 0 Å². The smallest absolute Gasteiger partial charge is 0.279 e. The molecule has 0 unspecified atom stereocenters. The van der Waals surface area contributed by atoms with Crippen molar-refractivity contribution in [1.82, 2.24) is 14.3 Å². The average molecular weight is 261 g/mol. The van der Waals surface area contributed by atoms with Gasteiger partial charge in [-0.15, -0.1) is 0 Å². The first-order chi connectivity index (χ1) is 8.08. The summed E-state index contributed by atoms with van der Waals surface area (Å²) < 4.78 is 28.1. The molecule has 100 valence electrons. The molecule has 0 aromatic carbocycles. The molecule has 1 saturated carbocycles. The molecule has 1 saturated heterocycles. The van der Waals surface area contributed by atoms with Crippen molar-refractivity contribution in [2.24, 2.45) is 5.92 Å². The van der Waals surface area contributed by atoms with E-state index in [0.717, 1.165) is 19.4 Å². The van der Waals surface area contributed by atoms with Crippen LogP contribution in [0.15, 0.2) is 0 Å². The molecule has 17 heavy (non-hydrogen) atoms. The SMILES string of the molecule is CC1CCN(S(=O)(=O)NCCNC2CC2)CC1. The van der Waals surface area contributed by atoms with Gasteiger partial charge in [0.05, 0.1) is 0 Å². The number of nitrogens with one attached hydrogen (secondary N) is 2. The molecule has 2 fully saturated rings. The Kier molecular flexibility index (Phi) is 4.41. The lowest BCUT2D eigenvalue weighted by molar-refractivity contribution is 0.285. The third kappa shape index (κ3) is 4.21. The highest BCUT2D eigenvalue weighted by atomic mass is 32.2. The van der Waals surface area contributed by atoms with Crippen LogP contribution in [-0.4, -0.2) is 44.9 Å². The van der Waals surface area contributed by atoms with E-state index in [2.05, 4.69) is 17.0 Å². The summed E-state index contributed by atoms with van der Waals surface area (Å²) in [5.41, 5.74) is 0. The summed E-state index contributed by atoms with van der Waals surface area (Å²) in [5.74, 6) is 0.651.